The van der Waals surface area contributed by atoms with Gasteiger partial charge in [0.1, 0.15) is 0 Å². The Morgan fingerprint density at radius 2 is 2.38 bits per heavy atom. The van der Waals surface area contributed by atoms with Crippen LogP contribution in [0.3, 0.4) is 0 Å². The van der Waals surface area contributed by atoms with Crippen LogP contribution in [0.4, 0.5) is 0 Å². The fraction of sp³-hybridized carbons (Fsp3) is 0.625. The van der Waals surface area contributed by atoms with Gasteiger partial charge < -0.3 is 0 Å². The molecule has 1 aromatic rings. The Morgan fingerprint density at radius 3 is 2.77 bits per heavy atom. The molecule has 0 aliphatic carbocycles. The highest BCUT2D eigenvalue weighted by atomic mass is 79.9. The average molecular weight is 245 g/mol. The van der Waals surface area contributed by atoms with E-state index in [9.17, 15) is 0 Å². The molecule has 0 N–H and O–H groups in total. The summed E-state index contributed by atoms with van der Waals surface area (Å²) in [7, 11) is 1.76. The highest BCUT2D eigenvalue weighted by molar-refractivity contribution is 9.09. The minimum atomic E-state index is 0.00301. The molecule has 0 aromatic carbocycles. The van der Waals surface area contributed by atoms with E-state index in [1.807, 2.05) is 6.08 Å². The lowest BCUT2D eigenvalue weighted by molar-refractivity contribution is 0.477. The summed E-state index contributed by atoms with van der Waals surface area (Å²) in [6.45, 7) is 5.90. The number of rotatable bonds is 4. The van der Waals surface area contributed by atoms with Crippen molar-refractivity contribution in [2.24, 2.45) is 12.5 Å². The Bertz CT molecular complexity index is 296. The maximum absolute atomic E-state index is 4.12. The van der Waals surface area contributed by atoms with Gasteiger partial charge in [0, 0.05) is 17.2 Å². The van der Waals surface area contributed by atoms with Gasteiger partial charge in [-0.15, -0.1) is 16.8 Å². The molecule has 1 aromatic heterocycles. The Labute approximate surface area is 86.1 Å². The lowest BCUT2D eigenvalue weighted by atomic mass is 9.89. The van der Waals surface area contributed by atoms with Gasteiger partial charge in [0.2, 0.25) is 0 Å². The van der Waals surface area contributed by atoms with Crippen LogP contribution in [0.5, 0.6) is 0 Å². The normalized spacial score (nSPS) is 15.3. The molecule has 0 amide bonds. The third-order valence-corrected chi connectivity index (χ3v) is 3.19. The standard InChI is InChI=1S/C8H13BrN4/c1-4-8(2,6-9)5-7-10-12-13(3)11-7/h4H,1,5-6H2,2-3H3. The van der Waals surface area contributed by atoms with Gasteiger partial charge in [-0.3, -0.25) is 0 Å². The van der Waals surface area contributed by atoms with Gasteiger partial charge in [0.05, 0.1) is 7.05 Å². The third kappa shape index (κ3) is 2.62. The molecule has 0 aliphatic heterocycles. The third-order valence-electron chi connectivity index (χ3n) is 1.91. The van der Waals surface area contributed by atoms with Crippen LogP contribution in [0.15, 0.2) is 12.7 Å². The average Bonchev–Trinajstić information content (AvgIpc) is 2.51. The second kappa shape index (κ2) is 4.00. The molecule has 0 aliphatic rings. The van der Waals surface area contributed by atoms with E-state index in [0.29, 0.717) is 0 Å². The minimum Gasteiger partial charge on any atom is -0.167 e. The van der Waals surface area contributed by atoms with Crippen LogP contribution in [-0.2, 0) is 13.5 Å². The van der Waals surface area contributed by atoms with Crippen LogP contribution in [-0.4, -0.2) is 25.5 Å². The zero-order valence-corrected chi connectivity index (χ0v) is 9.45. The first-order valence-electron chi connectivity index (χ1n) is 4.02. The number of halogens is 1. The fourth-order valence-corrected chi connectivity index (χ4v) is 1.36. The Morgan fingerprint density at radius 1 is 1.69 bits per heavy atom. The van der Waals surface area contributed by atoms with E-state index in [-0.39, 0.29) is 5.41 Å². The summed E-state index contributed by atoms with van der Waals surface area (Å²) >= 11 is 3.44. The highest BCUT2D eigenvalue weighted by Crippen LogP contribution is 2.24. The van der Waals surface area contributed by atoms with E-state index in [0.717, 1.165) is 17.6 Å². The van der Waals surface area contributed by atoms with Gasteiger partial charge in [0.25, 0.3) is 0 Å². The molecule has 1 unspecified atom stereocenters. The summed E-state index contributed by atoms with van der Waals surface area (Å²) in [5.74, 6) is 0.754. The topological polar surface area (TPSA) is 43.6 Å². The zero-order valence-electron chi connectivity index (χ0n) is 7.87. The molecule has 0 fully saturated rings. The summed E-state index contributed by atoms with van der Waals surface area (Å²) in [5.41, 5.74) is 0.00301. The van der Waals surface area contributed by atoms with Crippen molar-refractivity contribution in [3.63, 3.8) is 0 Å². The number of hydrogen-bond acceptors (Lipinski definition) is 3. The van der Waals surface area contributed by atoms with Crippen LogP contribution >= 0.6 is 15.9 Å². The van der Waals surface area contributed by atoms with Crippen LogP contribution in [0.25, 0.3) is 0 Å². The number of aromatic nitrogens is 4. The van der Waals surface area contributed by atoms with E-state index in [4.69, 9.17) is 0 Å². The van der Waals surface area contributed by atoms with Crippen molar-refractivity contribution in [1.82, 2.24) is 20.2 Å². The maximum atomic E-state index is 4.12. The molecule has 1 atom stereocenters. The number of aryl methyl sites for hydroxylation is 1. The lowest BCUT2D eigenvalue weighted by Crippen LogP contribution is -2.19. The number of tetrazole rings is 1. The molecule has 1 rings (SSSR count). The number of alkyl halides is 1. The molecule has 72 valence electrons. The summed E-state index contributed by atoms with van der Waals surface area (Å²) in [6, 6.07) is 0. The largest absolute Gasteiger partial charge is 0.175 e. The smallest absolute Gasteiger partial charge is 0.167 e. The predicted octanol–water partition coefficient (Wildman–Crippen LogP) is 1.34. The molecule has 0 spiro atoms. The Hall–Kier alpha value is -0.710. The van der Waals surface area contributed by atoms with Crippen molar-refractivity contribution in [2.75, 3.05) is 5.33 Å². The zero-order chi connectivity index (χ0) is 9.90. The van der Waals surface area contributed by atoms with Gasteiger partial charge >= 0.3 is 0 Å². The number of allylic oxidation sites excluding steroid dienone is 1. The Balaban J connectivity index is 2.72. The molecular weight excluding hydrogens is 232 g/mol. The van der Waals surface area contributed by atoms with Gasteiger partial charge in [0.15, 0.2) is 5.82 Å². The van der Waals surface area contributed by atoms with Crippen LogP contribution in [0.1, 0.15) is 12.7 Å². The first-order chi connectivity index (χ1) is 6.09. The summed E-state index contributed by atoms with van der Waals surface area (Å²) < 4.78 is 0. The van der Waals surface area contributed by atoms with Gasteiger partial charge in [-0.1, -0.05) is 28.9 Å². The van der Waals surface area contributed by atoms with Crippen molar-refractivity contribution in [2.45, 2.75) is 13.3 Å². The highest BCUT2D eigenvalue weighted by Gasteiger charge is 2.21. The van der Waals surface area contributed by atoms with Gasteiger partial charge in [-0.05, 0) is 5.21 Å². The van der Waals surface area contributed by atoms with E-state index in [1.54, 1.807) is 7.05 Å². The predicted molar refractivity (Wildman–Crippen MR) is 54.6 cm³/mol. The molecule has 5 heteroatoms. The molecule has 0 bridgehead atoms. The second-order valence-electron chi connectivity index (χ2n) is 3.36. The monoisotopic (exact) mass is 244 g/mol. The van der Waals surface area contributed by atoms with Crippen molar-refractivity contribution in [3.8, 4) is 0 Å². The number of hydrogen-bond donors (Lipinski definition) is 0. The molecule has 1 heterocycles. The van der Waals surface area contributed by atoms with E-state index >= 15 is 0 Å². The number of nitrogens with zero attached hydrogens (tertiary/aromatic N) is 4. The molecule has 0 radical (unpaired) electrons. The SMILES string of the molecule is C=CC(C)(CBr)Cc1nnn(C)n1. The van der Waals surface area contributed by atoms with Crippen LogP contribution in [0, 0.1) is 5.41 Å². The quantitative estimate of drug-likeness (QED) is 0.594. The van der Waals surface area contributed by atoms with E-state index in [2.05, 4.69) is 44.8 Å². The Kier molecular flexibility index (Phi) is 3.19. The molecule has 0 saturated heterocycles. The summed E-state index contributed by atoms with van der Waals surface area (Å²) in [5, 5.41) is 12.7. The van der Waals surface area contributed by atoms with Crippen LogP contribution < -0.4 is 0 Å². The van der Waals surface area contributed by atoms with Crippen molar-refractivity contribution in [1.29, 1.82) is 0 Å². The van der Waals surface area contributed by atoms with Crippen molar-refractivity contribution in [3.05, 3.63) is 18.5 Å². The van der Waals surface area contributed by atoms with Gasteiger partial charge in [-0.2, -0.15) is 4.80 Å². The van der Waals surface area contributed by atoms with E-state index < -0.39 is 0 Å². The first-order valence-corrected chi connectivity index (χ1v) is 5.14. The van der Waals surface area contributed by atoms with Crippen molar-refractivity contribution < 1.29 is 0 Å². The van der Waals surface area contributed by atoms with Gasteiger partial charge in [-0.25, -0.2) is 0 Å². The maximum Gasteiger partial charge on any atom is 0.175 e. The summed E-state index contributed by atoms with van der Waals surface area (Å²) in [6.07, 6.45) is 2.67. The van der Waals surface area contributed by atoms with Crippen LogP contribution in [0.2, 0.25) is 0 Å². The molecular formula is C8H13BrN4. The second-order valence-corrected chi connectivity index (χ2v) is 3.92. The molecule has 4 nitrogen and oxygen atoms in total. The fourth-order valence-electron chi connectivity index (χ4n) is 0.929. The summed E-state index contributed by atoms with van der Waals surface area (Å²) in [4.78, 5) is 1.47. The van der Waals surface area contributed by atoms with Crippen molar-refractivity contribution >= 4 is 15.9 Å². The van der Waals surface area contributed by atoms with E-state index in [1.165, 1.54) is 4.80 Å². The molecule has 13 heavy (non-hydrogen) atoms. The lowest BCUT2D eigenvalue weighted by Gasteiger charge is -2.20. The molecule has 0 saturated carbocycles. The minimum absolute atomic E-state index is 0.00301. The first kappa shape index (κ1) is 10.4.